The highest BCUT2D eigenvalue weighted by Gasteiger charge is 2.32. The summed E-state index contributed by atoms with van der Waals surface area (Å²) in [6.07, 6.45) is 1.47. The highest BCUT2D eigenvalue weighted by molar-refractivity contribution is 6.77. The van der Waals surface area contributed by atoms with E-state index in [-0.39, 0.29) is 5.69 Å². The molecule has 1 rings (SSSR count). The average molecular weight is 271 g/mol. The van der Waals surface area contributed by atoms with E-state index in [1.165, 1.54) is 12.3 Å². The van der Waals surface area contributed by atoms with Gasteiger partial charge in [-0.1, -0.05) is 41.7 Å². The van der Waals surface area contributed by atoms with E-state index in [1.54, 1.807) is 0 Å². The minimum atomic E-state index is -1.97. The summed E-state index contributed by atoms with van der Waals surface area (Å²) in [7, 11) is 0. The molecule has 0 saturated heterocycles. The van der Waals surface area contributed by atoms with E-state index < -0.39 is 15.7 Å². The third-order valence-electron chi connectivity index (χ3n) is 1.98. The number of carbonyl (C=O) groups excluding carboxylic acids is 1. The first-order valence-electron chi connectivity index (χ1n) is 4.34. The fourth-order valence-corrected chi connectivity index (χ4v) is 1.43. The number of hydrogen-bond acceptors (Lipinski definition) is 2. The second kappa shape index (κ2) is 4.74. The van der Waals surface area contributed by atoms with E-state index in [0.29, 0.717) is 12.0 Å². The van der Waals surface area contributed by atoms with Gasteiger partial charge in [-0.3, -0.25) is 4.79 Å². The van der Waals surface area contributed by atoms with Crippen molar-refractivity contribution in [2.24, 2.45) is 0 Å². The molecule has 0 saturated carbocycles. The van der Waals surface area contributed by atoms with Crippen LogP contribution in [0.15, 0.2) is 12.3 Å². The van der Waals surface area contributed by atoms with Crippen LogP contribution in [-0.4, -0.2) is 19.7 Å². The maximum Gasteiger partial charge on any atom is 0.254 e. The van der Waals surface area contributed by atoms with Crippen LogP contribution in [-0.2, 0) is 0 Å². The van der Waals surface area contributed by atoms with E-state index in [9.17, 15) is 9.90 Å². The SMILES string of the molecule is CC[C@H](O)c1c[nH]c(C(=O)C(Cl)(Cl)Cl)c1. The number of carbonyl (C=O) groups is 1. The van der Waals surface area contributed by atoms with Crippen molar-refractivity contribution < 1.29 is 9.90 Å². The molecule has 0 fully saturated rings. The Morgan fingerprint density at radius 3 is 2.67 bits per heavy atom. The van der Waals surface area contributed by atoms with E-state index in [4.69, 9.17) is 34.8 Å². The Morgan fingerprint density at radius 1 is 1.60 bits per heavy atom. The molecular weight excluding hydrogens is 260 g/mol. The minimum Gasteiger partial charge on any atom is -0.388 e. The van der Waals surface area contributed by atoms with Gasteiger partial charge >= 0.3 is 0 Å². The van der Waals surface area contributed by atoms with Gasteiger partial charge in [0.2, 0.25) is 5.78 Å². The molecule has 1 aromatic rings. The van der Waals surface area contributed by atoms with Crippen LogP contribution >= 0.6 is 34.8 Å². The largest absolute Gasteiger partial charge is 0.388 e. The van der Waals surface area contributed by atoms with Crippen LogP contribution in [0, 0.1) is 0 Å². The number of Topliss-reactive ketones (excluding diaryl/α,β-unsaturated/α-hetero) is 1. The van der Waals surface area contributed by atoms with Crippen LogP contribution in [0.4, 0.5) is 0 Å². The highest BCUT2D eigenvalue weighted by atomic mass is 35.6. The standard InChI is InChI=1S/C9H10Cl3NO2/c1-2-7(14)5-3-6(13-4-5)8(15)9(10,11)12/h3-4,7,13-14H,2H2,1H3/t7-/m0/s1. The van der Waals surface area contributed by atoms with Crippen LogP contribution in [0.5, 0.6) is 0 Å². The van der Waals surface area contributed by atoms with Crippen molar-refractivity contribution in [3.8, 4) is 0 Å². The van der Waals surface area contributed by atoms with E-state index in [2.05, 4.69) is 4.98 Å². The van der Waals surface area contributed by atoms with Gasteiger partial charge in [-0.15, -0.1) is 0 Å². The molecule has 0 radical (unpaired) electrons. The van der Waals surface area contributed by atoms with Gasteiger partial charge in [-0.05, 0) is 18.1 Å². The topological polar surface area (TPSA) is 53.1 Å². The number of ketones is 1. The number of H-pyrrole nitrogens is 1. The number of aromatic nitrogens is 1. The van der Waals surface area contributed by atoms with Crippen molar-refractivity contribution in [1.82, 2.24) is 4.98 Å². The number of halogens is 3. The van der Waals surface area contributed by atoms with Crippen molar-refractivity contribution in [2.75, 3.05) is 0 Å². The van der Waals surface area contributed by atoms with E-state index >= 15 is 0 Å². The predicted octanol–water partition coefficient (Wildman–Crippen LogP) is 3.01. The van der Waals surface area contributed by atoms with Gasteiger partial charge in [0.25, 0.3) is 3.79 Å². The molecule has 0 aliphatic carbocycles. The summed E-state index contributed by atoms with van der Waals surface area (Å²) in [6.45, 7) is 1.83. The van der Waals surface area contributed by atoms with E-state index in [1.807, 2.05) is 6.92 Å². The summed E-state index contributed by atoms with van der Waals surface area (Å²) in [4.78, 5) is 14.1. The quantitative estimate of drug-likeness (QED) is 0.655. The monoisotopic (exact) mass is 269 g/mol. The average Bonchev–Trinajstić information content (AvgIpc) is 2.62. The summed E-state index contributed by atoms with van der Waals surface area (Å²) in [5.41, 5.74) is 0.785. The zero-order valence-electron chi connectivity index (χ0n) is 7.93. The summed E-state index contributed by atoms with van der Waals surface area (Å²) < 4.78 is -1.97. The van der Waals surface area contributed by atoms with Crippen LogP contribution < -0.4 is 0 Å². The lowest BCUT2D eigenvalue weighted by molar-refractivity contribution is 0.0992. The fourth-order valence-electron chi connectivity index (χ4n) is 1.12. The fraction of sp³-hybridized carbons (Fsp3) is 0.444. The molecule has 0 amide bonds. The Kier molecular flexibility index (Phi) is 4.06. The van der Waals surface area contributed by atoms with Gasteiger partial charge in [-0.25, -0.2) is 0 Å². The highest BCUT2D eigenvalue weighted by Crippen LogP contribution is 2.30. The lowest BCUT2D eigenvalue weighted by Gasteiger charge is -2.07. The Bertz CT molecular complexity index is 356. The molecule has 15 heavy (non-hydrogen) atoms. The summed E-state index contributed by atoms with van der Waals surface area (Å²) in [5, 5.41) is 9.50. The molecule has 84 valence electrons. The maximum atomic E-state index is 11.5. The van der Waals surface area contributed by atoms with Gasteiger partial charge < -0.3 is 10.1 Å². The van der Waals surface area contributed by atoms with Gasteiger partial charge in [0.1, 0.15) is 0 Å². The molecule has 0 spiro atoms. The van der Waals surface area contributed by atoms with Crippen molar-refractivity contribution in [1.29, 1.82) is 0 Å². The smallest absolute Gasteiger partial charge is 0.254 e. The number of aromatic amines is 1. The Labute approximate surface area is 102 Å². The molecule has 6 heteroatoms. The molecule has 1 heterocycles. The summed E-state index contributed by atoms with van der Waals surface area (Å²) in [5.74, 6) is -0.637. The first kappa shape index (κ1) is 12.8. The van der Waals surface area contributed by atoms with Crippen LogP contribution in [0.1, 0.15) is 35.5 Å². The van der Waals surface area contributed by atoms with E-state index in [0.717, 1.165) is 0 Å². The number of rotatable bonds is 3. The second-order valence-electron chi connectivity index (χ2n) is 3.10. The summed E-state index contributed by atoms with van der Waals surface area (Å²) >= 11 is 16.3. The van der Waals surface area contributed by atoms with Crippen LogP contribution in [0.3, 0.4) is 0 Å². The molecule has 3 nitrogen and oxygen atoms in total. The third kappa shape index (κ3) is 3.11. The maximum absolute atomic E-state index is 11.5. The molecule has 0 aliphatic heterocycles. The molecule has 0 unspecified atom stereocenters. The van der Waals surface area contributed by atoms with Gasteiger partial charge in [0, 0.05) is 6.20 Å². The zero-order valence-corrected chi connectivity index (χ0v) is 10.2. The summed E-state index contributed by atoms with van der Waals surface area (Å²) in [6, 6.07) is 1.48. The number of alkyl halides is 3. The molecule has 0 aromatic carbocycles. The Morgan fingerprint density at radius 2 is 2.20 bits per heavy atom. The van der Waals surface area contributed by atoms with Crippen molar-refractivity contribution in [3.05, 3.63) is 23.5 Å². The van der Waals surface area contributed by atoms with Gasteiger partial charge in [0.15, 0.2) is 0 Å². The van der Waals surface area contributed by atoms with Crippen LogP contribution in [0.25, 0.3) is 0 Å². The Hall–Kier alpha value is -0.220. The predicted molar refractivity (Wildman–Crippen MR) is 60.7 cm³/mol. The van der Waals surface area contributed by atoms with Gasteiger partial charge in [0.05, 0.1) is 11.8 Å². The molecule has 0 bridgehead atoms. The number of aliphatic hydroxyl groups is 1. The third-order valence-corrected chi connectivity index (χ3v) is 2.49. The molecule has 1 atom stereocenters. The molecule has 1 aromatic heterocycles. The molecule has 2 N–H and O–H groups in total. The first-order chi connectivity index (χ1) is 6.86. The minimum absolute atomic E-state index is 0.178. The Balaban J connectivity index is 2.90. The first-order valence-corrected chi connectivity index (χ1v) is 5.47. The van der Waals surface area contributed by atoms with Crippen molar-refractivity contribution >= 4 is 40.6 Å². The second-order valence-corrected chi connectivity index (χ2v) is 5.38. The normalized spacial score (nSPS) is 13.9. The number of nitrogens with one attached hydrogen (secondary N) is 1. The van der Waals surface area contributed by atoms with Crippen molar-refractivity contribution in [2.45, 2.75) is 23.2 Å². The number of hydrogen-bond donors (Lipinski definition) is 2. The molecule has 0 aliphatic rings. The lowest BCUT2D eigenvalue weighted by atomic mass is 10.1. The van der Waals surface area contributed by atoms with Crippen LogP contribution in [0.2, 0.25) is 0 Å². The van der Waals surface area contributed by atoms with Gasteiger partial charge in [-0.2, -0.15) is 0 Å². The van der Waals surface area contributed by atoms with Crippen molar-refractivity contribution in [3.63, 3.8) is 0 Å². The molecular formula is C9H10Cl3NO2. The number of aliphatic hydroxyl groups excluding tert-OH is 1. The zero-order chi connectivity index (χ0) is 11.6. The lowest BCUT2D eigenvalue weighted by Crippen LogP contribution is -2.19.